The second-order valence-electron chi connectivity index (χ2n) is 6.33. The van der Waals surface area contributed by atoms with Gasteiger partial charge in [-0.25, -0.2) is 9.97 Å². The number of carbonyl (C=O) groups is 1. The number of benzene rings is 1. The molecule has 1 amide bonds. The van der Waals surface area contributed by atoms with Crippen LogP contribution in [0.2, 0.25) is 0 Å². The minimum Gasteiger partial charge on any atom is -0.348 e. The lowest BCUT2D eigenvalue weighted by Gasteiger charge is -2.16. The van der Waals surface area contributed by atoms with Crippen LogP contribution in [0.3, 0.4) is 0 Å². The second kappa shape index (κ2) is 6.36. The van der Waals surface area contributed by atoms with Gasteiger partial charge in [0.05, 0.1) is 0 Å². The maximum Gasteiger partial charge on any atom is 0.270 e. The van der Waals surface area contributed by atoms with E-state index in [4.69, 9.17) is 0 Å². The number of amides is 1. The van der Waals surface area contributed by atoms with E-state index in [1.165, 1.54) is 5.56 Å². The Bertz CT molecular complexity index is 723. The predicted octanol–water partition coefficient (Wildman–Crippen LogP) is 3.54. The van der Waals surface area contributed by atoms with Crippen LogP contribution in [-0.2, 0) is 0 Å². The Morgan fingerprint density at radius 2 is 2.04 bits per heavy atom. The number of rotatable bonds is 5. The van der Waals surface area contributed by atoms with E-state index in [0.717, 1.165) is 24.1 Å². The van der Waals surface area contributed by atoms with Gasteiger partial charge in [0, 0.05) is 17.9 Å². The molecular formula is C18H22N4O. The molecule has 0 unspecified atom stereocenters. The number of hydrogen-bond acceptors (Lipinski definition) is 4. The van der Waals surface area contributed by atoms with Crippen molar-refractivity contribution in [3.63, 3.8) is 0 Å². The summed E-state index contributed by atoms with van der Waals surface area (Å²) in [4.78, 5) is 20.7. The van der Waals surface area contributed by atoms with E-state index in [1.54, 1.807) is 12.3 Å². The SMILES string of the molecule is Cc1cccc(C(C)C)c1Nc1nccc(C(=O)NC2CC2)n1. The maximum absolute atomic E-state index is 12.1. The van der Waals surface area contributed by atoms with Crippen LogP contribution in [-0.4, -0.2) is 21.9 Å². The lowest BCUT2D eigenvalue weighted by molar-refractivity contribution is 0.0946. The summed E-state index contributed by atoms with van der Waals surface area (Å²) in [6.45, 7) is 6.36. The Balaban J connectivity index is 1.84. The van der Waals surface area contributed by atoms with E-state index in [9.17, 15) is 4.79 Å². The van der Waals surface area contributed by atoms with Gasteiger partial charge in [-0.2, -0.15) is 0 Å². The third-order valence-corrected chi connectivity index (χ3v) is 3.96. The van der Waals surface area contributed by atoms with Gasteiger partial charge >= 0.3 is 0 Å². The summed E-state index contributed by atoms with van der Waals surface area (Å²) >= 11 is 0. The molecule has 1 heterocycles. The Kier molecular flexibility index (Phi) is 4.28. The van der Waals surface area contributed by atoms with Crippen molar-refractivity contribution in [1.82, 2.24) is 15.3 Å². The fraction of sp³-hybridized carbons (Fsp3) is 0.389. The quantitative estimate of drug-likeness (QED) is 0.886. The van der Waals surface area contributed by atoms with Crippen LogP contribution in [0, 0.1) is 6.92 Å². The molecule has 23 heavy (non-hydrogen) atoms. The maximum atomic E-state index is 12.1. The predicted molar refractivity (Wildman–Crippen MR) is 91.1 cm³/mol. The highest BCUT2D eigenvalue weighted by molar-refractivity contribution is 5.92. The van der Waals surface area contributed by atoms with Crippen molar-refractivity contribution in [1.29, 1.82) is 0 Å². The zero-order chi connectivity index (χ0) is 16.4. The summed E-state index contributed by atoms with van der Waals surface area (Å²) in [7, 11) is 0. The molecule has 1 aromatic heterocycles. The van der Waals surface area contributed by atoms with Crippen LogP contribution in [0.1, 0.15) is 54.2 Å². The normalized spacial score (nSPS) is 13.9. The number of nitrogens with one attached hydrogen (secondary N) is 2. The molecule has 0 spiro atoms. The highest BCUT2D eigenvalue weighted by Crippen LogP contribution is 2.29. The molecule has 5 nitrogen and oxygen atoms in total. The van der Waals surface area contributed by atoms with Crippen molar-refractivity contribution in [3.8, 4) is 0 Å². The summed E-state index contributed by atoms with van der Waals surface area (Å²) in [6.07, 6.45) is 3.73. The second-order valence-corrected chi connectivity index (χ2v) is 6.33. The molecular weight excluding hydrogens is 288 g/mol. The molecule has 0 atom stereocenters. The number of anilines is 2. The van der Waals surface area contributed by atoms with E-state index in [1.807, 2.05) is 0 Å². The molecule has 1 aromatic carbocycles. The minimum atomic E-state index is -0.133. The van der Waals surface area contributed by atoms with Gasteiger partial charge in [0.1, 0.15) is 5.69 Å². The van der Waals surface area contributed by atoms with E-state index in [2.05, 4.69) is 59.6 Å². The van der Waals surface area contributed by atoms with Crippen LogP contribution in [0.5, 0.6) is 0 Å². The molecule has 0 aliphatic heterocycles. The van der Waals surface area contributed by atoms with Gasteiger partial charge in [-0.15, -0.1) is 0 Å². The summed E-state index contributed by atoms with van der Waals surface area (Å²) < 4.78 is 0. The molecule has 1 aliphatic rings. The van der Waals surface area contributed by atoms with Crippen LogP contribution in [0.25, 0.3) is 0 Å². The molecule has 0 radical (unpaired) electrons. The Morgan fingerprint density at radius 3 is 2.74 bits per heavy atom. The zero-order valence-electron chi connectivity index (χ0n) is 13.8. The molecule has 3 rings (SSSR count). The average Bonchev–Trinajstić information content (AvgIpc) is 3.33. The first-order chi connectivity index (χ1) is 11.0. The van der Waals surface area contributed by atoms with Gasteiger partial charge in [-0.3, -0.25) is 4.79 Å². The standard InChI is InChI=1S/C18H22N4O/c1-11(2)14-6-4-5-12(3)16(14)22-18-19-10-9-15(21-18)17(23)20-13-7-8-13/h4-6,9-11,13H,7-8H2,1-3H3,(H,20,23)(H,19,21,22). The van der Waals surface area contributed by atoms with Gasteiger partial charge in [0.15, 0.2) is 0 Å². The van der Waals surface area contributed by atoms with E-state index < -0.39 is 0 Å². The van der Waals surface area contributed by atoms with Crippen molar-refractivity contribution >= 4 is 17.5 Å². The molecule has 0 bridgehead atoms. The molecule has 120 valence electrons. The number of nitrogens with zero attached hydrogens (tertiary/aromatic N) is 2. The lowest BCUT2D eigenvalue weighted by atomic mass is 9.98. The number of para-hydroxylation sites is 1. The van der Waals surface area contributed by atoms with Gasteiger partial charge in [0.25, 0.3) is 5.91 Å². The molecule has 1 aliphatic carbocycles. The number of aryl methyl sites for hydroxylation is 1. The highest BCUT2D eigenvalue weighted by atomic mass is 16.2. The first-order valence-electron chi connectivity index (χ1n) is 8.05. The molecule has 2 aromatic rings. The molecule has 1 fully saturated rings. The summed E-state index contributed by atoms with van der Waals surface area (Å²) in [5, 5.41) is 6.23. The first kappa shape index (κ1) is 15.5. The Morgan fingerprint density at radius 1 is 1.26 bits per heavy atom. The van der Waals surface area contributed by atoms with Crippen molar-refractivity contribution < 1.29 is 4.79 Å². The van der Waals surface area contributed by atoms with Crippen molar-refractivity contribution in [2.45, 2.75) is 45.6 Å². The minimum absolute atomic E-state index is 0.133. The molecule has 0 saturated heterocycles. The average molecular weight is 310 g/mol. The third-order valence-electron chi connectivity index (χ3n) is 3.96. The van der Waals surface area contributed by atoms with E-state index in [-0.39, 0.29) is 5.91 Å². The van der Waals surface area contributed by atoms with E-state index >= 15 is 0 Å². The van der Waals surface area contributed by atoms with Gasteiger partial charge in [-0.05, 0) is 42.9 Å². The number of hydrogen-bond donors (Lipinski definition) is 2. The van der Waals surface area contributed by atoms with Crippen molar-refractivity contribution in [2.75, 3.05) is 5.32 Å². The van der Waals surface area contributed by atoms with Crippen LogP contribution in [0.4, 0.5) is 11.6 Å². The summed E-state index contributed by atoms with van der Waals surface area (Å²) in [6, 6.07) is 8.17. The van der Waals surface area contributed by atoms with Crippen molar-refractivity contribution in [3.05, 3.63) is 47.3 Å². The summed E-state index contributed by atoms with van der Waals surface area (Å²) in [5.41, 5.74) is 3.76. The third kappa shape index (κ3) is 3.67. The fourth-order valence-corrected chi connectivity index (χ4v) is 2.49. The van der Waals surface area contributed by atoms with Crippen molar-refractivity contribution in [2.24, 2.45) is 0 Å². The van der Waals surface area contributed by atoms with Gasteiger partial charge in [0.2, 0.25) is 5.95 Å². The Hall–Kier alpha value is -2.43. The number of aromatic nitrogens is 2. The fourth-order valence-electron chi connectivity index (χ4n) is 2.49. The highest BCUT2D eigenvalue weighted by Gasteiger charge is 2.24. The van der Waals surface area contributed by atoms with Crippen LogP contribution < -0.4 is 10.6 Å². The molecule has 1 saturated carbocycles. The zero-order valence-corrected chi connectivity index (χ0v) is 13.8. The molecule has 5 heteroatoms. The Labute approximate surface area is 136 Å². The van der Waals surface area contributed by atoms with Crippen LogP contribution >= 0.6 is 0 Å². The largest absolute Gasteiger partial charge is 0.348 e. The van der Waals surface area contributed by atoms with E-state index in [0.29, 0.717) is 23.6 Å². The first-order valence-corrected chi connectivity index (χ1v) is 8.05. The van der Waals surface area contributed by atoms with Gasteiger partial charge < -0.3 is 10.6 Å². The molecule has 2 N–H and O–H groups in total. The summed E-state index contributed by atoms with van der Waals surface area (Å²) in [5.74, 6) is 0.704. The smallest absolute Gasteiger partial charge is 0.270 e. The topological polar surface area (TPSA) is 66.9 Å². The number of carbonyl (C=O) groups excluding carboxylic acids is 1. The monoisotopic (exact) mass is 310 g/mol. The van der Waals surface area contributed by atoms with Gasteiger partial charge in [-0.1, -0.05) is 32.0 Å². The van der Waals surface area contributed by atoms with Crippen LogP contribution in [0.15, 0.2) is 30.5 Å². The lowest BCUT2D eigenvalue weighted by Crippen LogP contribution is -2.26.